The summed E-state index contributed by atoms with van der Waals surface area (Å²) in [4.78, 5) is 11.9. The maximum atomic E-state index is 12.1. The zero-order valence-electron chi connectivity index (χ0n) is 12.0. The topological polar surface area (TPSA) is 87.0 Å². The predicted molar refractivity (Wildman–Crippen MR) is 83.3 cm³/mol. The van der Waals surface area contributed by atoms with Crippen molar-refractivity contribution >= 4 is 27.7 Å². The number of nitrogens with one attached hydrogen (secondary N) is 1. The molecule has 0 heterocycles. The molecule has 0 aromatic heterocycles. The SMILES string of the molecule is CCCCSC(C)C(=O)NS(=O)(=O)c1ccc(C#N)cc1. The molecular formula is C14H18N2O3S2. The number of hydrogen-bond donors (Lipinski definition) is 1. The summed E-state index contributed by atoms with van der Waals surface area (Å²) in [5.41, 5.74) is 0.365. The van der Waals surface area contributed by atoms with Crippen molar-refractivity contribution in [3.63, 3.8) is 0 Å². The van der Waals surface area contributed by atoms with Gasteiger partial charge in [0.1, 0.15) is 0 Å². The van der Waals surface area contributed by atoms with Crippen LogP contribution in [0.5, 0.6) is 0 Å². The maximum absolute atomic E-state index is 12.1. The average Bonchev–Trinajstić information content (AvgIpc) is 2.47. The molecule has 1 N–H and O–H groups in total. The lowest BCUT2D eigenvalue weighted by molar-refractivity contribution is -0.118. The van der Waals surface area contributed by atoms with Crippen LogP contribution < -0.4 is 4.72 Å². The summed E-state index contributed by atoms with van der Waals surface area (Å²) in [7, 11) is -3.88. The highest BCUT2D eigenvalue weighted by atomic mass is 32.2. The van der Waals surface area contributed by atoms with E-state index in [1.807, 2.05) is 6.07 Å². The summed E-state index contributed by atoms with van der Waals surface area (Å²) in [6.07, 6.45) is 2.02. The molecule has 0 spiro atoms. The number of amides is 1. The third-order valence-electron chi connectivity index (χ3n) is 2.76. The van der Waals surface area contributed by atoms with E-state index in [1.165, 1.54) is 36.0 Å². The average molecular weight is 326 g/mol. The molecule has 0 radical (unpaired) electrons. The largest absolute Gasteiger partial charge is 0.273 e. The fourth-order valence-corrected chi connectivity index (χ4v) is 3.61. The van der Waals surface area contributed by atoms with Gasteiger partial charge in [0, 0.05) is 0 Å². The summed E-state index contributed by atoms with van der Waals surface area (Å²) in [6.45, 7) is 3.74. The maximum Gasteiger partial charge on any atom is 0.264 e. The van der Waals surface area contributed by atoms with Gasteiger partial charge in [0.2, 0.25) is 5.91 Å². The molecule has 0 aliphatic rings. The van der Waals surface area contributed by atoms with Gasteiger partial charge < -0.3 is 0 Å². The highest BCUT2D eigenvalue weighted by molar-refractivity contribution is 8.00. The van der Waals surface area contributed by atoms with Crippen molar-refractivity contribution in [2.75, 3.05) is 5.75 Å². The Morgan fingerprint density at radius 1 is 1.38 bits per heavy atom. The van der Waals surface area contributed by atoms with Gasteiger partial charge >= 0.3 is 0 Å². The van der Waals surface area contributed by atoms with Gasteiger partial charge in [0.15, 0.2) is 0 Å². The summed E-state index contributed by atoms with van der Waals surface area (Å²) in [5.74, 6) is 0.294. The highest BCUT2D eigenvalue weighted by Crippen LogP contribution is 2.15. The smallest absolute Gasteiger partial charge is 0.264 e. The summed E-state index contributed by atoms with van der Waals surface area (Å²) >= 11 is 1.43. The van der Waals surface area contributed by atoms with E-state index in [-0.39, 0.29) is 4.90 Å². The van der Waals surface area contributed by atoms with Crippen LogP contribution in [0.4, 0.5) is 0 Å². The third-order valence-corrected chi connectivity index (χ3v) is 5.36. The Balaban J connectivity index is 2.70. The molecule has 1 aromatic carbocycles. The minimum absolute atomic E-state index is 0.0272. The quantitative estimate of drug-likeness (QED) is 0.777. The molecular weight excluding hydrogens is 308 g/mol. The number of carbonyl (C=O) groups excluding carboxylic acids is 1. The molecule has 0 aliphatic carbocycles. The van der Waals surface area contributed by atoms with Gasteiger partial charge in [0.05, 0.1) is 21.8 Å². The van der Waals surface area contributed by atoms with E-state index < -0.39 is 21.2 Å². The monoisotopic (exact) mass is 326 g/mol. The fraction of sp³-hybridized carbons (Fsp3) is 0.429. The number of hydrogen-bond acceptors (Lipinski definition) is 5. The van der Waals surface area contributed by atoms with E-state index in [2.05, 4.69) is 11.6 Å². The number of sulfonamides is 1. The van der Waals surface area contributed by atoms with Gasteiger partial charge in [-0.1, -0.05) is 13.3 Å². The Hall–Kier alpha value is -1.52. The van der Waals surface area contributed by atoms with Gasteiger partial charge in [-0.3, -0.25) is 4.79 Å². The molecule has 0 bridgehead atoms. The first kappa shape index (κ1) is 17.5. The Labute approximate surface area is 129 Å². The minimum Gasteiger partial charge on any atom is -0.273 e. The second-order valence-electron chi connectivity index (χ2n) is 4.47. The molecule has 5 nitrogen and oxygen atoms in total. The zero-order valence-corrected chi connectivity index (χ0v) is 13.6. The van der Waals surface area contributed by atoms with E-state index in [1.54, 1.807) is 6.92 Å². The number of thioether (sulfide) groups is 1. The molecule has 0 saturated carbocycles. The molecule has 21 heavy (non-hydrogen) atoms. The van der Waals surface area contributed by atoms with Gasteiger partial charge in [-0.05, 0) is 43.4 Å². The molecule has 1 aromatic rings. The van der Waals surface area contributed by atoms with Crippen LogP contribution in [0.25, 0.3) is 0 Å². The number of rotatable bonds is 7. The first-order valence-corrected chi connectivity index (χ1v) is 9.12. The number of benzene rings is 1. The third kappa shape index (κ3) is 5.40. The molecule has 7 heteroatoms. The Morgan fingerprint density at radius 3 is 2.52 bits per heavy atom. The van der Waals surface area contributed by atoms with Crippen molar-refractivity contribution < 1.29 is 13.2 Å². The van der Waals surface area contributed by atoms with Crippen molar-refractivity contribution in [1.82, 2.24) is 4.72 Å². The van der Waals surface area contributed by atoms with Crippen LogP contribution in [0.2, 0.25) is 0 Å². The highest BCUT2D eigenvalue weighted by Gasteiger charge is 2.21. The lowest BCUT2D eigenvalue weighted by Gasteiger charge is -2.12. The van der Waals surface area contributed by atoms with Crippen LogP contribution in [0, 0.1) is 11.3 Å². The Bertz CT molecular complexity index is 619. The summed E-state index contributed by atoms with van der Waals surface area (Å²) in [6, 6.07) is 7.33. The van der Waals surface area contributed by atoms with E-state index in [9.17, 15) is 13.2 Å². The lowest BCUT2D eigenvalue weighted by atomic mass is 10.2. The van der Waals surface area contributed by atoms with Crippen molar-refractivity contribution in [3.05, 3.63) is 29.8 Å². The minimum atomic E-state index is -3.88. The Morgan fingerprint density at radius 2 is 2.00 bits per heavy atom. The van der Waals surface area contributed by atoms with Crippen molar-refractivity contribution in [2.45, 2.75) is 36.8 Å². The van der Waals surface area contributed by atoms with E-state index in [0.717, 1.165) is 18.6 Å². The van der Waals surface area contributed by atoms with E-state index >= 15 is 0 Å². The first-order valence-electron chi connectivity index (χ1n) is 6.59. The van der Waals surface area contributed by atoms with Crippen LogP contribution in [-0.2, 0) is 14.8 Å². The molecule has 1 atom stereocenters. The van der Waals surface area contributed by atoms with Crippen molar-refractivity contribution in [1.29, 1.82) is 5.26 Å². The lowest BCUT2D eigenvalue weighted by Crippen LogP contribution is -2.36. The number of nitrogens with zero attached hydrogens (tertiary/aromatic N) is 1. The predicted octanol–water partition coefficient (Wildman–Crippen LogP) is 2.28. The van der Waals surface area contributed by atoms with Crippen LogP contribution in [0.15, 0.2) is 29.2 Å². The standard InChI is InChI=1S/C14H18N2O3S2/c1-3-4-9-20-11(2)14(17)16-21(18,19)13-7-5-12(10-15)6-8-13/h5-8,11H,3-4,9H2,1-2H3,(H,16,17). The molecule has 1 rings (SSSR count). The van der Waals surface area contributed by atoms with Gasteiger partial charge in [-0.2, -0.15) is 5.26 Å². The first-order chi connectivity index (χ1) is 9.90. The van der Waals surface area contributed by atoms with Gasteiger partial charge in [-0.25, -0.2) is 13.1 Å². The fourth-order valence-electron chi connectivity index (χ4n) is 1.46. The summed E-state index contributed by atoms with van der Waals surface area (Å²) < 4.78 is 26.2. The molecule has 114 valence electrons. The molecule has 0 aliphatic heterocycles. The summed E-state index contributed by atoms with van der Waals surface area (Å²) in [5, 5.41) is 8.25. The normalized spacial score (nSPS) is 12.4. The molecule has 1 amide bonds. The number of unbranched alkanes of at least 4 members (excludes halogenated alkanes) is 1. The van der Waals surface area contributed by atoms with Gasteiger partial charge in [0.25, 0.3) is 10.0 Å². The number of carbonyl (C=O) groups is 1. The number of nitriles is 1. The van der Waals surface area contributed by atoms with Crippen LogP contribution in [0.3, 0.4) is 0 Å². The van der Waals surface area contributed by atoms with E-state index in [0.29, 0.717) is 5.56 Å². The van der Waals surface area contributed by atoms with Crippen molar-refractivity contribution in [2.24, 2.45) is 0 Å². The van der Waals surface area contributed by atoms with Gasteiger partial charge in [-0.15, -0.1) is 11.8 Å². The van der Waals surface area contributed by atoms with E-state index in [4.69, 9.17) is 5.26 Å². The van der Waals surface area contributed by atoms with Crippen molar-refractivity contribution in [3.8, 4) is 6.07 Å². The molecule has 0 fully saturated rings. The van der Waals surface area contributed by atoms with Crippen LogP contribution in [0.1, 0.15) is 32.3 Å². The second-order valence-corrected chi connectivity index (χ2v) is 7.60. The van der Waals surface area contributed by atoms with Crippen LogP contribution in [-0.4, -0.2) is 25.3 Å². The zero-order chi connectivity index (χ0) is 15.9. The Kier molecular flexibility index (Phi) is 6.72. The molecule has 0 saturated heterocycles. The second kappa shape index (κ2) is 8.05. The van der Waals surface area contributed by atoms with Crippen LogP contribution >= 0.6 is 11.8 Å². The molecule has 1 unspecified atom stereocenters.